The fraction of sp³-hybridized carbons (Fsp3) is 0. The summed E-state index contributed by atoms with van der Waals surface area (Å²) in [5.74, 6) is -1.85. The second-order valence-corrected chi connectivity index (χ2v) is 12.6. The number of carbonyl (C=O) groups is 1. The fourth-order valence-corrected chi connectivity index (χ4v) is 5.99. The average Bonchev–Trinajstić information content (AvgIpc) is 2.87. The number of hydrogen-bond acceptors (Lipinski definition) is 10. The molecule has 44 heavy (non-hydrogen) atoms. The molecule has 0 unspecified atom stereocenters. The molecule has 3 aromatic carbocycles. The number of carbonyl (C=O) groups excluding carboxylic acids is 1. The SMILES string of the molecule is Nc1ccc(/C=C/c2ccc(NC(=O)c3cc(S(=O)(=O)O)c4cccnc4c3O)cc2S(=O)(=O)O)c(S(=O)(=O)O)c1.[NaH].[NaH].[NaH]. The summed E-state index contributed by atoms with van der Waals surface area (Å²) >= 11 is 0. The molecule has 4 rings (SSSR count). The summed E-state index contributed by atoms with van der Waals surface area (Å²) in [5.41, 5.74) is 4.23. The van der Waals surface area contributed by atoms with Crippen molar-refractivity contribution >= 4 is 159 Å². The molecule has 0 aliphatic rings. The van der Waals surface area contributed by atoms with Crippen LogP contribution in [-0.2, 0) is 30.4 Å². The first-order valence-electron chi connectivity index (χ1n) is 11.0. The Hall–Kier alpha value is -1.39. The Bertz CT molecular complexity index is 2110. The summed E-state index contributed by atoms with van der Waals surface area (Å²) in [6.07, 6.45) is 3.47. The molecule has 220 valence electrons. The average molecular weight is 694 g/mol. The fourth-order valence-electron chi connectivity index (χ4n) is 3.85. The van der Waals surface area contributed by atoms with Crippen LogP contribution in [0.5, 0.6) is 5.75 Å². The van der Waals surface area contributed by atoms with E-state index in [4.69, 9.17) is 5.73 Å². The van der Waals surface area contributed by atoms with Crippen molar-refractivity contribution in [1.82, 2.24) is 4.98 Å². The number of amides is 1. The van der Waals surface area contributed by atoms with E-state index < -0.39 is 62.3 Å². The summed E-state index contributed by atoms with van der Waals surface area (Å²) in [7, 11) is -14.5. The number of rotatable bonds is 7. The molecule has 0 aliphatic carbocycles. The van der Waals surface area contributed by atoms with Crippen LogP contribution in [0.2, 0.25) is 0 Å². The van der Waals surface area contributed by atoms with Gasteiger partial charge in [-0.05, 0) is 53.6 Å². The monoisotopic (exact) mass is 693 g/mol. The van der Waals surface area contributed by atoms with Gasteiger partial charge in [0.05, 0.1) is 5.56 Å². The molecule has 4 aromatic rings. The Morgan fingerprint density at radius 1 is 0.750 bits per heavy atom. The van der Waals surface area contributed by atoms with Crippen molar-refractivity contribution in [2.75, 3.05) is 11.1 Å². The first-order chi connectivity index (χ1) is 19.0. The zero-order valence-corrected chi connectivity index (χ0v) is 22.8. The van der Waals surface area contributed by atoms with E-state index in [9.17, 15) is 48.8 Å². The van der Waals surface area contributed by atoms with Gasteiger partial charge in [-0.3, -0.25) is 23.4 Å². The van der Waals surface area contributed by atoms with Crippen molar-refractivity contribution < 1.29 is 48.8 Å². The van der Waals surface area contributed by atoms with Crippen LogP contribution in [-0.4, -0.2) is 144 Å². The van der Waals surface area contributed by atoms with Crippen LogP contribution in [0.25, 0.3) is 23.1 Å². The molecule has 0 saturated carbocycles. The van der Waals surface area contributed by atoms with Crippen molar-refractivity contribution in [2.45, 2.75) is 14.7 Å². The van der Waals surface area contributed by atoms with Gasteiger partial charge in [0, 0.05) is 23.0 Å². The molecule has 0 aliphatic heterocycles. The maximum absolute atomic E-state index is 13.0. The van der Waals surface area contributed by atoms with Crippen LogP contribution in [0.4, 0.5) is 11.4 Å². The van der Waals surface area contributed by atoms with Gasteiger partial charge in [0.25, 0.3) is 36.3 Å². The van der Waals surface area contributed by atoms with Crippen molar-refractivity contribution in [3.05, 3.63) is 77.5 Å². The van der Waals surface area contributed by atoms with E-state index in [0.29, 0.717) is 6.07 Å². The minimum absolute atomic E-state index is 0. The van der Waals surface area contributed by atoms with Crippen molar-refractivity contribution in [2.24, 2.45) is 0 Å². The maximum atomic E-state index is 13.0. The summed E-state index contributed by atoms with van der Waals surface area (Å²) in [5, 5.41) is 12.7. The Morgan fingerprint density at radius 2 is 1.27 bits per heavy atom. The van der Waals surface area contributed by atoms with E-state index >= 15 is 0 Å². The van der Waals surface area contributed by atoms with Gasteiger partial charge in [-0.2, -0.15) is 25.3 Å². The van der Waals surface area contributed by atoms with Gasteiger partial charge in [0.2, 0.25) is 0 Å². The van der Waals surface area contributed by atoms with E-state index in [1.807, 2.05) is 0 Å². The third kappa shape index (κ3) is 9.34. The number of pyridine rings is 1. The van der Waals surface area contributed by atoms with Gasteiger partial charge in [-0.15, -0.1) is 0 Å². The standard InChI is InChI=1S/C24H19N3O11S3.3Na.3H/c25-15-7-5-13(19(10-15)39(30,31)32)3-4-14-6-8-16(11-20(14)40(33,34)35)27-24(29)18-12-21(41(36,37)38)17-2-1-9-26-22(17)23(18)28;;;;;;/h1-12,28H,25H2,(H,27,29)(H,30,31,32)(H,33,34,35)(H,36,37,38);;;;;;/b4-3+;;;;;;. The third-order valence-electron chi connectivity index (χ3n) is 5.66. The van der Waals surface area contributed by atoms with E-state index in [2.05, 4.69) is 10.3 Å². The van der Waals surface area contributed by atoms with Crippen molar-refractivity contribution in [3.8, 4) is 5.75 Å². The molecule has 1 aromatic heterocycles. The molecule has 0 bridgehead atoms. The van der Waals surface area contributed by atoms with Gasteiger partial charge in [0.15, 0.2) is 5.75 Å². The minimum atomic E-state index is -4.93. The van der Waals surface area contributed by atoms with Crippen LogP contribution >= 0.6 is 0 Å². The number of benzene rings is 3. The predicted molar refractivity (Wildman–Crippen MR) is 168 cm³/mol. The van der Waals surface area contributed by atoms with E-state index in [0.717, 1.165) is 30.4 Å². The van der Waals surface area contributed by atoms with E-state index in [1.54, 1.807) is 0 Å². The molecular formula is C24H22N3Na3O11S3. The molecule has 0 fully saturated rings. The van der Waals surface area contributed by atoms with Gasteiger partial charge in [0.1, 0.15) is 20.2 Å². The first-order valence-corrected chi connectivity index (χ1v) is 15.3. The molecule has 14 nitrogen and oxygen atoms in total. The Balaban J connectivity index is 0.00000323. The molecular weight excluding hydrogens is 671 g/mol. The van der Waals surface area contributed by atoms with Gasteiger partial charge in [-0.1, -0.05) is 24.3 Å². The normalized spacial score (nSPS) is 11.7. The predicted octanol–water partition coefficient (Wildman–Crippen LogP) is 0.740. The van der Waals surface area contributed by atoms with Crippen LogP contribution in [0.3, 0.4) is 0 Å². The number of nitrogens with two attached hydrogens (primary N) is 1. The van der Waals surface area contributed by atoms with E-state index in [1.165, 1.54) is 36.5 Å². The van der Waals surface area contributed by atoms with Crippen LogP contribution in [0, 0.1) is 0 Å². The summed E-state index contributed by atoms with van der Waals surface area (Å²) in [6.45, 7) is 0. The van der Waals surface area contributed by atoms with Gasteiger partial charge < -0.3 is 16.2 Å². The van der Waals surface area contributed by atoms with Crippen LogP contribution in [0.1, 0.15) is 21.5 Å². The molecule has 1 amide bonds. The number of fused-ring (bicyclic) bond motifs is 1. The number of anilines is 2. The second kappa shape index (κ2) is 15.5. The zero-order valence-electron chi connectivity index (χ0n) is 20.3. The van der Waals surface area contributed by atoms with Crippen LogP contribution < -0.4 is 11.1 Å². The van der Waals surface area contributed by atoms with Crippen molar-refractivity contribution in [1.29, 1.82) is 0 Å². The number of phenolic OH excluding ortho intramolecular Hbond substituents is 1. The van der Waals surface area contributed by atoms with Crippen molar-refractivity contribution in [3.63, 3.8) is 0 Å². The van der Waals surface area contributed by atoms with Crippen LogP contribution in [0.15, 0.2) is 75.5 Å². The molecule has 0 saturated heterocycles. The number of aromatic hydroxyl groups is 1. The molecule has 7 N–H and O–H groups in total. The molecule has 0 radical (unpaired) electrons. The Morgan fingerprint density at radius 3 is 1.82 bits per heavy atom. The number of nitrogen functional groups attached to an aromatic ring is 1. The quantitative estimate of drug-likeness (QED) is 0.0677. The topological polar surface area (TPSA) is 251 Å². The summed E-state index contributed by atoms with van der Waals surface area (Å²) in [4.78, 5) is 14.8. The third-order valence-corrected chi connectivity index (χ3v) is 8.37. The summed E-state index contributed by atoms with van der Waals surface area (Å²) < 4.78 is 100. The molecule has 1 heterocycles. The summed E-state index contributed by atoms with van der Waals surface area (Å²) in [6, 6.07) is 10.1. The van der Waals surface area contributed by atoms with Gasteiger partial charge in [-0.25, -0.2) is 0 Å². The molecule has 20 heteroatoms. The molecule has 0 atom stereocenters. The number of aromatic nitrogens is 1. The number of hydrogen-bond donors (Lipinski definition) is 6. The number of nitrogens with zero attached hydrogens (tertiary/aromatic N) is 1. The van der Waals surface area contributed by atoms with E-state index in [-0.39, 0.29) is 122 Å². The Kier molecular flexibility index (Phi) is 14.3. The zero-order chi connectivity index (χ0) is 30.3. The second-order valence-electron chi connectivity index (χ2n) is 8.43. The molecule has 0 spiro atoms. The number of nitrogens with one attached hydrogen (secondary N) is 1. The Labute approximate surface area is 318 Å². The number of phenols is 1. The van der Waals surface area contributed by atoms with Gasteiger partial charge >= 0.3 is 88.7 Å². The first kappa shape index (κ1) is 40.6.